The number of carbonyl (C=O) groups is 4. The van der Waals surface area contributed by atoms with Gasteiger partial charge in [-0.2, -0.15) is 17.2 Å². The number of fused-ring (bicyclic) bond motifs is 1. The minimum atomic E-state index is -5.82. The number of halogens is 2. The van der Waals surface area contributed by atoms with E-state index < -0.39 is 93.8 Å². The number of ether oxygens (including phenoxy) is 4. The lowest BCUT2D eigenvalue weighted by molar-refractivity contribution is -0.185. The normalized spacial score (nSPS) is 32.0. The maximum atomic E-state index is 13.6. The summed E-state index contributed by atoms with van der Waals surface area (Å²) in [7, 11) is -5.82. The molecule has 3 saturated carbocycles. The zero-order valence-corrected chi connectivity index (χ0v) is 23.0. The lowest BCUT2D eigenvalue weighted by Gasteiger charge is -2.42. The van der Waals surface area contributed by atoms with Gasteiger partial charge in [0.05, 0.1) is 24.7 Å². The van der Waals surface area contributed by atoms with Crippen molar-refractivity contribution in [3.8, 4) is 0 Å². The third-order valence-electron chi connectivity index (χ3n) is 8.82. The third kappa shape index (κ3) is 5.14. The Bertz CT molecular complexity index is 1140. The van der Waals surface area contributed by atoms with Crippen molar-refractivity contribution < 1.29 is 59.9 Å². The Labute approximate surface area is 225 Å². The summed E-state index contributed by atoms with van der Waals surface area (Å²) in [5.41, 5.74) is -0.984. The number of hydrogen-bond acceptors (Lipinski definition) is 10. The molecule has 4 aliphatic rings. The lowest BCUT2D eigenvalue weighted by Crippen LogP contribution is -2.49. The molecule has 1 saturated heterocycles. The van der Waals surface area contributed by atoms with Gasteiger partial charge >= 0.3 is 39.2 Å². The minimum Gasteiger partial charge on any atom is -0.458 e. The van der Waals surface area contributed by atoms with Crippen LogP contribution >= 0.6 is 0 Å². The van der Waals surface area contributed by atoms with Crippen LogP contribution in [0.4, 0.5) is 8.78 Å². The van der Waals surface area contributed by atoms with Crippen molar-refractivity contribution in [3.63, 3.8) is 0 Å². The maximum Gasteiger partial charge on any atom is 0.405 e. The van der Waals surface area contributed by atoms with Gasteiger partial charge in [0, 0.05) is 17.3 Å². The number of alkyl halides is 2. The second-order valence-corrected chi connectivity index (χ2v) is 13.5. The van der Waals surface area contributed by atoms with Crippen LogP contribution in [0.3, 0.4) is 0 Å². The summed E-state index contributed by atoms with van der Waals surface area (Å²) >= 11 is 0. The van der Waals surface area contributed by atoms with E-state index in [1.165, 1.54) is 0 Å². The molecular weight excluding hydrogens is 546 g/mol. The van der Waals surface area contributed by atoms with Gasteiger partial charge in [0.1, 0.15) is 17.8 Å². The van der Waals surface area contributed by atoms with Crippen LogP contribution in [0.25, 0.3) is 0 Å². The highest BCUT2D eigenvalue weighted by Crippen LogP contribution is 2.60. The van der Waals surface area contributed by atoms with E-state index in [2.05, 4.69) is 4.74 Å². The molecule has 3 aliphatic carbocycles. The summed E-state index contributed by atoms with van der Waals surface area (Å²) < 4.78 is 78.9. The van der Waals surface area contributed by atoms with Crippen LogP contribution in [0.2, 0.25) is 0 Å². The van der Waals surface area contributed by atoms with Crippen molar-refractivity contribution in [3.05, 3.63) is 0 Å². The fourth-order valence-electron chi connectivity index (χ4n) is 6.63. The standard InChI is InChI=1S/C25H34F2O11S/c1-12(25(26,27)39(32,33)34)35-15(28)7-8-16(29)36-19-14-11-13-17(21(30)37-20(13)19)18(14)22(31)38-24(23(2,3)4)9-5-6-10-24/h12-14,17-20H,5-11H2,1-4H3,(H,32,33,34). The van der Waals surface area contributed by atoms with Gasteiger partial charge in [-0.05, 0) is 39.0 Å². The first kappa shape index (κ1) is 29.6. The second kappa shape index (κ2) is 9.93. The van der Waals surface area contributed by atoms with E-state index in [1.54, 1.807) is 0 Å². The van der Waals surface area contributed by atoms with Crippen LogP contribution in [-0.4, -0.2) is 66.0 Å². The highest BCUT2D eigenvalue weighted by molar-refractivity contribution is 7.86. The molecule has 1 N–H and O–H groups in total. The van der Waals surface area contributed by atoms with Crippen molar-refractivity contribution in [2.45, 2.75) is 102 Å². The fraction of sp³-hybridized carbons (Fsp3) is 0.840. The van der Waals surface area contributed by atoms with Crippen LogP contribution in [0.1, 0.15) is 72.6 Å². The molecule has 0 aromatic carbocycles. The van der Waals surface area contributed by atoms with E-state index in [0.717, 1.165) is 12.8 Å². The molecule has 11 nitrogen and oxygen atoms in total. The molecule has 220 valence electrons. The Morgan fingerprint density at radius 2 is 1.69 bits per heavy atom. The molecule has 7 atom stereocenters. The summed E-state index contributed by atoms with van der Waals surface area (Å²) in [5, 5.41) is -4.73. The molecule has 0 spiro atoms. The van der Waals surface area contributed by atoms with Crippen LogP contribution in [0, 0.1) is 29.1 Å². The fourth-order valence-corrected chi connectivity index (χ4v) is 7.10. The average Bonchev–Trinajstić information content (AvgIpc) is 3.55. The zero-order valence-electron chi connectivity index (χ0n) is 22.2. The summed E-state index contributed by atoms with van der Waals surface area (Å²) in [6.07, 6.45) is -1.78. The van der Waals surface area contributed by atoms with Crippen molar-refractivity contribution in [1.82, 2.24) is 0 Å². The topological polar surface area (TPSA) is 160 Å². The van der Waals surface area contributed by atoms with Gasteiger partial charge in [-0.3, -0.25) is 23.7 Å². The summed E-state index contributed by atoms with van der Waals surface area (Å²) in [6.45, 7) is 6.60. The van der Waals surface area contributed by atoms with Crippen LogP contribution < -0.4 is 0 Å². The molecule has 0 amide bonds. The summed E-state index contributed by atoms with van der Waals surface area (Å²) in [5.74, 6) is -5.64. The summed E-state index contributed by atoms with van der Waals surface area (Å²) in [6, 6.07) is 0. The van der Waals surface area contributed by atoms with Crippen molar-refractivity contribution in [2.24, 2.45) is 29.1 Å². The molecule has 4 rings (SSSR count). The Morgan fingerprint density at radius 3 is 2.26 bits per heavy atom. The molecule has 4 fully saturated rings. The van der Waals surface area contributed by atoms with Gasteiger partial charge in [-0.25, -0.2) is 0 Å². The number of carbonyl (C=O) groups excluding carboxylic acids is 4. The van der Waals surface area contributed by atoms with Gasteiger partial charge < -0.3 is 18.9 Å². The van der Waals surface area contributed by atoms with E-state index in [9.17, 15) is 36.4 Å². The predicted octanol–water partition coefficient (Wildman–Crippen LogP) is 2.80. The van der Waals surface area contributed by atoms with E-state index in [4.69, 9.17) is 18.8 Å². The van der Waals surface area contributed by atoms with E-state index in [-0.39, 0.29) is 11.3 Å². The summed E-state index contributed by atoms with van der Waals surface area (Å²) in [4.78, 5) is 50.7. The van der Waals surface area contributed by atoms with Gasteiger partial charge in [0.25, 0.3) is 0 Å². The van der Waals surface area contributed by atoms with E-state index >= 15 is 0 Å². The van der Waals surface area contributed by atoms with Crippen LogP contribution in [-0.2, 0) is 48.2 Å². The van der Waals surface area contributed by atoms with E-state index in [0.29, 0.717) is 26.2 Å². The molecule has 0 radical (unpaired) electrons. The maximum absolute atomic E-state index is 13.6. The largest absolute Gasteiger partial charge is 0.458 e. The molecule has 1 aliphatic heterocycles. The SMILES string of the molecule is CC(OC(=O)CCC(=O)OC1C2CC3C1OC(=O)C3C2C(=O)OC1(C(C)(C)C)CCCC1)C(F)(F)S(=O)(=O)O. The molecule has 7 unspecified atom stereocenters. The van der Waals surface area contributed by atoms with Gasteiger partial charge in [0.15, 0.2) is 6.10 Å². The van der Waals surface area contributed by atoms with Crippen LogP contribution in [0.15, 0.2) is 0 Å². The van der Waals surface area contributed by atoms with Crippen molar-refractivity contribution in [1.29, 1.82) is 0 Å². The third-order valence-corrected chi connectivity index (χ3v) is 9.84. The number of rotatable bonds is 9. The molecule has 0 aromatic rings. The zero-order chi connectivity index (χ0) is 29.1. The molecule has 14 heteroatoms. The van der Waals surface area contributed by atoms with Gasteiger partial charge in [-0.1, -0.05) is 20.8 Å². The molecule has 0 aromatic heterocycles. The minimum absolute atomic E-state index is 0.319. The van der Waals surface area contributed by atoms with Gasteiger partial charge in [-0.15, -0.1) is 0 Å². The van der Waals surface area contributed by atoms with Crippen LogP contribution in [0.5, 0.6) is 0 Å². The number of esters is 4. The predicted molar refractivity (Wildman–Crippen MR) is 126 cm³/mol. The van der Waals surface area contributed by atoms with E-state index in [1.807, 2.05) is 20.8 Å². The Morgan fingerprint density at radius 1 is 1.10 bits per heavy atom. The first-order chi connectivity index (χ1) is 17.9. The Hall–Kier alpha value is -2.35. The molecule has 39 heavy (non-hydrogen) atoms. The molecule has 2 bridgehead atoms. The molecular formula is C25H34F2O11S. The van der Waals surface area contributed by atoms with Gasteiger partial charge in [0.2, 0.25) is 0 Å². The monoisotopic (exact) mass is 580 g/mol. The molecule has 1 heterocycles. The highest BCUT2D eigenvalue weighted by Gasteiger charge is 2.70. The van der Waals surface area contributed by atoms with Crippen molar-refractivity contribution >= 4 is 34.0 Å². The van der Waals surface area contributed by atoms with Crippen molar-refractivity contribution in [2.75, 3.05) is 0 Å². The average molecular weight is 581 g/mol. The quantitative estimate of drug-likeness (QED) is 0.243. The smallest absolute Gasteiger partial charge is 0.405 e. The second-order valence-electron chi connectivity index (χ2n) is 12.0. The highest BCUT2D eigenvalue weighted by atomic mass is 32.2. The number of hydrogen-bond donors (Lipinski definition) is 1. The first-order valence-electron chi connectivity index (χ1n) is 13.1. The Balaban J connectivity index is 1.38. The lowest BCUT2D eigenvalue weighted by atomic mass is 9.74. The Kier molecular flexibility index (Phi) is 7.54. The first-order valence-corrected chi connectivity index (χ1v) is 14.5.